The lowest BCUT2D eigenvalue weighted by Crippen LogP contribution is -2.46. The number of anilines is 1. The van der Waals surface area contributed by atoms with Gasteiger partial charge in [0.15, 0.2) is 0 Å². The lowest BCUT2D eigenvalue weighted by molar-refractivity contribution is 0.363. The summed E-state index contributed by atoms with van der Waals surface area (Å²) in [5, 5.41) is 8.07. The predicted molar refractivity (Wildman–Crippen MR) is 88.6 cm³/mol. The molecule has 1 aliphatic rings. The van der Waals surface area contributed by atoms with Crippen LogP contribution >= 0.6 is 0 Å². The summed E-state index contributed by atoms with van der Waals surface area (Å²) in [5.74, 6) is 1.64. The Bertz CT molecular complexity index is 642. The molecule has 2 aromatic rings. The van der Waals surface area contributed by atoms with Gasteiger partial charge in [0.2, 0.25) is 11.8 Å². The number of rotatable bonds is 5. The molecule has 1 N–H and O–H groups in total. The van der Waals surface area contributed by atoms with E-state index in [9.17, 15) is 0 Å². The number of aryl methyl sites for hydroxylation is 2. The molecule has 0 saturated carbocycles. The number of hydrogen-bond acceptors (Lipinski definition) is 6. The maximum Gasteiger partial charge on any atom is 0.225 e. The Morgan fingerprint density at radius 2 is 2.13 bits per heavy atom. The smallest absolute Gasteiger partial charge is 0.225 e. The molecule has 0 amide bonds. The first-order chi connectivity index (χ1) is 11.2. The van der Waals surface area contributed by atoms with Crippen LogP contribution in [0, 0.1) is 6.92 Å². The average Bonchev–Trinajstić information content (AvgIpc) is 2.86. The third-order valence-corrected chi connectivity index (χ3v) is 4.31. The van der Waals surface area contributed by atoms with Gasteiger partial charge in [-0.3, -0.25) is 0 Å². The molecule has 124 valence electrons. The van der Waals surface area contributed by atoms with Crippen molar-refractivity contribution in [1.29, 1.82) is 0 Å². The monoisotopic (exact) mass is 316 g/mol. The van der Waals surface area contributed by atoms with E-state index in [4.69, 9.17) is 4.74 Å². The van der Waals surface area contributed by atoms with Gasteiger partial charge in [-0.15, -0.1) is 0 Å². The van der Waals surface area contributed by atoms with E-state index in [0.717, 1.165) is 55.6 Å². The Morgan fingerprint density at radius 3 is 2.87 bits per heavy atom. The van der Waals surface area contributed by atoms with Crippen molar-refractivity contribution in [2.45, 2.75) is 32.4 Å². The highest BCUT2D eigenvalue weighted by Gasteiger charge is 2.22. The van der Waals surface area contributed by atoms with E-state index in [1.165, 1.54) is 0 Å². The lowest BCUT2D eigenvalue weighted by atomic mass is 10.1. The topological polar surface area (TPSA) is 68.1 Å². The van der Waals surface area contributed by atoms with Gasteiger partial charge < -0.3 is 15.0 Å². The molecule has 2 aromatic heterocycles. The van der Waals surface area contributed by atoms with Crippen molar-refractivity contribution in [3.8, 4) is 5.88 Å². The molecule has 1 atom stereocenters. The molecule has 0 bridgehead atoms. The second-order valence-corrected chi connectivity index (χ2v) is 5.91. The molecule has 23 heavy (non-hydrogen) atoms. The minimum Gasteiger partial charge on any atom is -0.481 e. The van der Waals surface area contributed by atoms with Crippen molar-refractivity contribution in [2.75, 3.05) is 25.1 Å². The van der Waals surface area contributed by atoms with Gasteiger partial charge >= 0.3 is 0 Å². The fourth-order valence-corrected chi connectivity index (χ4v) is 3.17. The van der Waals surface area contributed by atoms with E-state index in [0.29, 0.717) is 6.04 Å². The molecule has 1 aliphatic heterocycles. The van der Waals surface area contributed by atoms with Crippen molar-refractivity contribution in [2.24, 2.45) is 7.05 Å². The summed E-state index contributed by atoms with van der Waals surface area (Å²) in [6, 6.07) is 2.26. The number of piperidine rings is 1. The lowest BCUT2D eigenvalue weighted by Gasteiger charge is -2.33. The molecule has 0 unspecified atom stereocenters. The van der Waals surface area contributed by atoms with Crippen LogP contribution in [-0.4, -0.2) is 46.0 Å². The molecular weight excluding hydrogens is 292 g/mol. The quantitative estimate of drug-likeness (QED) is 0.896. The summed E-state index contributed by atoms with van der Waals surface area (Å²) in [7, 11) is 3.60. The highest BCUT2D eigenvalue weighted by atomic mass is 16.5. The van der Waals surface area contributed by atoms with Crippen LogP contribution in [0.25, 0.3) is 0 Å². The van der Waals surface area contributed by atoms with E-state index in [1.807, 2.05) is 20.0 Å². The van der Waals surface area contributed by atoms with Crippen molar-refractivity contribution < 1.29 is 4.74 Å². The summed E-state index contributed by atoms with van der Waals surface area (Å²) in [6.45, 7) is 4.71. The van der Waals surface area contributed by atoms with Crippen LogP contribution in [0.15, 0.2) is 18.5 Å². The van der Waals surface area contributed by atoms with E-state index in [2.05, 4.69) is 25.3 Å². The first kappa shape index (κ1) is 15.7. The van der Waals surface area contributed by atoms with E-state index < -0.39 is 0 Å². The maximum atomic E-state index is 5.46. The van der Waals surface area contributed by atoms with Crippen LogP contribution in [0.2, 0.25) is 0 Å². The van der Waals surface area contributed by atoms with Gasteiger partial charge in [0, 0.05) is 45.1 Å². The molecule has 1 fully saturated rings. The Hall–Kier alpha value is -2.15. The van der Waals surface area contributed by atoms with Crippen LogP contribution in [0.5, 0.6) is 5.88 Å². The number of nitrogens with zero attached hydrogens (tertiary/aromatic N) is 5. The van der Waals surface area contributed by atoms with Gasteiger partial charge in [-0.05, 0) is 25.8 Å². The number of methoxy groups -OCH3 is 1. The SMILES string of the molecule is COc1c(CN[C@@H]2CCCN(c3ncccn3)C2)c(C)nn1C. The van der Waals surface area contributed by atoms with Crippen molar-refractivity contribution in [3.63, 3.8) is 0 Å². The number of ether oxygens (including phenoxy) is 1. The Morgan fingerprint density at radius 1 is 1.35 bits per heavy atom. The number of hydrogen-bond donors (Lipinski definition) is 1. The van der Waals surface area contributed by atoms with E-state index >= 15 is 0 Å². The van der Waals surface area contributed by atoms with Crippen LogP contribution in [0.1, 0.15) is 24.1 Å². The molecule has 0 spiro atoms. The Labute approximate surface area is 136 Å². The molecule has 0 aromatic carbocycles. The van der Waals surface area contributed by atoms with Crippen molar-refractivity contribution in [3.05, 3.63) is 29.7 Å². The molecular formula is C16H24N6O. The molecule has 0 radical (unpaired) electrons. The molecule has 7 nitrogen and oxygen atoms in total. The molecule has 7 heteroatoms. The number of aromatic nitrogens is 4. The maximum absolute atomic E-state index is 5.46. The van der Waals surface area contributed by atoms with Crippen LogP contribution < -0.4 is 15.0 Å². The zero-order valence-corrected chi connectivity index (χ0v) is 14.0. The third-order valence-electron chi connectivity index (χ3n) is 4.31. The predicted octanol–water partition coefficient (Wildman–Crippen LogP) is 1.29. The zero-order valence-electron chi connectivity index (χ0n) is 14.0. The minimum absolute atomic E-state index is 0.414. The van der Waals surface area contributed by atoms with Crippen LogP contribution in [0.3, 0.4) is 0 Å². The average molecular weight is 316 g/mol. The van der Waals surface area contributed by atoms with E-state index in [-0.39, 0.29) is 0 Å². The highest BCUT2D eigenvalue weighted by Crippen LogP contribution is 2.22. The summed E-state index contributed by atoms with van der Waals surface area (Å²) >= 11 is 0. The largest absolute Gasteiger partial charge is 0.481 e. The summed E-state index contributed by atoms with van der Waals surface area (Å²) < 4.78 is 7.25. The van der Waals surface area contributed by atoms with Crippen LogP contribution in [-0.2, 0) is 13.6 Å². The van der Waals surface area contributed by atoms with Crippen LogP contribution in [0.4, 0.5) is 5.95 Å². The Balaban J connectivity index is 1.63. The third kappa shape index (κ3) is 3.44. The second kappa shape index (κ2) is 6.95. The summed E-state index contributed by atoms with van der Waals surface area (Å²) in [6.07, 6.45) is 5.89. The molecule has 0 aliphatic carbocycles. The molecule has 1 saturated heterocycles. The van der Waals surface area contributed by atoms with Gasteiger partial charge in [0.25, 0.3) is 0 Å². The van der Waals surface area contributed by atoms with Gasteiger partial charge in [0.05, 0.1) is 18.4 Å². The standard InChI is InChI=1S/C16H24N6O/c1-12-14(15(23-3)21(2)20-12)10-19-13-6-4-9-22(11-13)16-17-7-5-8-18-16/h5,7-8,13,19H,4,6,9-11H2,1-3H3/t13-/m1/s1. The first-order valence-corrected chi connectivity index (χ1v) is 8.01. The van der Waals surface area contributed by atoms with Gasteiger partial charge in [-0.1, -0.05) is 0 Å². The molecule has 3 heterocycles. The zero-order chi connectivity index (χ0) is 16.2. The summed E-state index contributed by atoms with van der Waals surface area (Å²) in [5.41, 5.74) is 2.14. The Kier molecular flexibility index (Phi) is 4.76. The minimum atomic E-state index is 0.414. The first-order valence-electron chi connectivity index (χ1n) is 8.01. The van der Waals surface area contributed by atoms with E-state index in [1.54, 1.807) is 24.2 Å². The number of nitrogens with one attached hydrogen (secondary N) is 1. The van der Waals surface area contributed by atoms with Gasteiger partial charge in [-0.2, -0.15) is 5.10 Å². The van der Waals surface area contributed by atoms with Gasteiger partial charge in [0.1, 0.15) is 0 Å². The van der Waals surface area contributed by atoms with Gasteiger partial charge in [-0.25, -0.2) is 14.6 Å². The fourth-order valence-electron chi connectivity index (χ4n) is 3.17. The summed E-state index contributed by atoms with van der Waals surface area (Å²) in [4.78, 5) is 11.0. The van der Waals surface area contributed by atoms with Crippen molar-refractivity contribution >= 4 is 5.95 Å². The van der Waals surface area contributed by atoms with Crippen molar-refractivity contribution in [1.82, 2.24) is 25.1 Å². The fraction of sp³-hybridized carbons (Fsp3) is 0.562. The molecule has 3 rings (SSSR count). The normalized spacial score (nSPS) is 18.2. The second-order valence-electron chi connectivity index (χ2n) is 5.91. The highest BCUT2D eigenvalue weighted by molar-refractivity contribution is 5.32.